The van der Waals surface area contributed by atoms with E-state index < -0.39 is 0 Å². The summed E-state index contributed by atoms with van der Waals surface area (Å²) >= 11 is 12.4. The zero-order chi connectivity index (χ0) is 28.6. The lowest BCUT2D eigenvalue weighted by Gasteiger charge is -2.33. The van der Waals surface area contributed by atoms with Crippen molar-refractivity contribution in [2.45, 2.75) is 53.1 Å². The maximum absolute atomic E-state index is 12.2. The number of hydrazone groups is 1. The lowest BCUT2D eigenvalue weighted by atomic mass is 9.72. The number of amides is 1. The summed E-state index contributed by atoms with van der Waals surface area (Å²) in [4.78, 5) is 12.2. The van der Waals surface area contributed by atoms with Gasteiger partial charge in [-0.25, -0.2) is 5.43 Å². The Morgan fingerprint density at radius 3 is 2.21 bits per heavy atom. The van der Waals surface area contributed by atoms with Gasteiger partial charge in [-0.2, -0.15) is 5.10 Å². The molecule has 0 saturated carbocycles. The molecule has 0 aliphatic heterocycles. The highest BCUT2D eigenvalue weighted by Crippen LogP contribution is 2.36. The Bertz CT molecular complexity index is 1280. The van der Waals surface area contributed by atoms with E-state index in [1.54, 1.807) is 43.5 Å². The molecule has 1 N–H and O–H groups in total. The average Bonchev–Trinajstić information content (AvgIpc) is 2.86. The quantitative estimate of drug-likeness (QED) is 0.188. The summed E-state index contributed by atoms with van der Waals surface area (Å²) in [5, 5.41) is 5.08. The molecular formula is C31H36Cl2N2O4. The van der Waals surface area contributed by atoms with E-state index in [-0.39, 0.29) is 30.0 Å². The van der Waals surface area contributed by atoms with E-state index in [2.05, 4.69) is 57.3 Å². The van der Waals surface area contributed by atoms with Crippen LogP contribution in [0.2, 0.25) is 10.0 Å². The van der Waals surface area contributed by atoms with Crippen molar-refractivity contribution in [3.05, 3.63) is 87.4 Å². The molecule has 0 bridgehead atoms. The number of nitrogens with one attached hydrogen (secondary N) is 1. The molecule has 3 aromatic carbocycles. The van der Waals surface area contributed by atoms with Crippen LogP contribution in [0.4, 0.5) is 0 Å². The maximum Gasteiger partial charge on any atom is 0.277 e. The van der Waals surface area contributed by atoms with Gasteiger partial charge in [0, 0.05) is 15.6 Å². The predicted molar refractivity (Wildman–Crippen MR) is 159 cm³/mol. The molecule has 39 heavy (non-hydrogen) atoms. The molecular weight excluding hydrogens is 535 g/mol. The Hall–Kier alpha value is -3.22. The molecule has 1 amide bonds. The topological polar surface area (TPSA) is 69.2 Å². The first-order valence-electron chi connectivity index (χ1n) is 12.7. The van der Waals surface area contributed by atoms with Crippen molar-refractivity contribution in [1.82, 2.24) is 5.43 Å². The molecule has 3 aromatic rings. The Kier molecular flexibility index (Phi) is 10.3. The summed E-state index contributed by atoms with van der Waals surface area (Å²) in [6.07, 6.45) is 2.57. The largest absolute Gasteiger partial charge is 0.493 e. The Morgan fingerprint density at radius 1 is 0.923 bits per heavy atom. The number of benzene rings is 3. The van der Waals surface area contributed by atoms with E-state index in [0.29, 0.717) is 38.4 Å². The molecule has 0 spiro atoms. The first-order valence-corrected chi connectivity index (χ1v) is 13.4. The van der Waals surface area contributed by atoms with Gasteiger partial charge in [0.1, 0.15) is 12.4 Å². The molecule has 0 fully saturated rings. The lowest BCUT2D eigenvalue weighted by Crippen LogP contribution is -2.25. The summed E-state index contributed by atoms with van der Waals surface area (Å²) in [5.74, 6) is 1.29. The fourth-order valence-corrected chi connectivity index (χ4v) is 5.00. The van der Waals surface area contributed by atoms with E-state index in [1.807, 2.05) is 12.1 Å². The predicted octanol–water partition coefficient (Wildman–Crippen LogP) is 7.82. The van der Waals surface area contributed by atoms with E-state index in [9.17, 15) is 4.79 Å². The molecule has 8 heteroatoms. The summed E-state index contributed by atoms with van der Waals surface area (Å²) in [7, 11) is 1.54. The highest BCUT2D eigenvalue weighted by Gasteiger charge is 2.27. The summed E-state index contributed by atoms with van der Waals surface area (Å²) in [5.41, 5.74) is 5.39. The van der Waals surface area contributed by atoms with E-state index >= 15 is 0 Å². The third-order valence-corrected chi connectivity index (χ3v) is 6.71. The standard InChI is InChI=1S/C31H36Cl2N2O4/c1-30(2,3)20-31(4,5)22-11-13-23(14-12-22)38-19-29(36)35-34-17-21-10-15-27(28(16-21)37-6)39-18-24-25(32)8-7-9-26(24)33/h7-17H,18-20H2,1-6H3,(H,35,36)/b34-17+. The summed E-state index contributed by atoms with van der Waals surface area (Å²) in [6.45, 7) is 11.3. The highest BCUT2D eigenvalue weighted by atomic mass is 35.5. The van der Waals surface area contributed by atoms with E-state index in [0.717, 1.165) is 6.42 Å². The molecule has 0 saturated heterocycles. The van der Waals surface area contributed by atoms with Gasteiger partial charge in [0.05, 0.1) is 13.3 Å². The van der Waals surface area contributed by atoms with Gasteiger partial charge in [0.15, 0.2) is 18.1 Å². The van der Waals surface area contributed by atoms with Crippen LogP contribution in [0.5, 0.6) is 17.2 Å². The van der Waals surface area contributed by atoms with Crippen molar-refractivity contribution in [1.29, 1.82) is 0 Å². The van der Waals surface area contributed by atoms with Gasteiger partial charge < -0.3 is 14.2 Å². The van der Waals surface area contributed by atoms with Crippen LogP contribution in [0, 0.1) is 5.41 Å². The molecule has 0 unspecified atom stereocenters. The molecule has 6 nitrogen and oxygen atoms in total. The van der Waals surface area contributed by atoms with Crippen LogP contribution >= 0.6 is 23.2 Å². The van der Waals surface area contributed by atoms with Gasteiger partial charge in [0.2, 0.25) is 0 Å². The smallest absolute Gasteiger partial charge is 0.277 e. The summed E-state index contributed by atoms with van der Waals surface area (Å²) in [6, 6.07) is 18.5. The van der Waals surface area contributed by atoms with Crippen molar-refractivity contribution in [2.24, 2.45) is 10.5 Å². The van der Waals surface area contributed by atoms with Crippen LogP contribution in [-0.2, 0) is 16.8 Å². The second kappa shape index (κ2) is 13.2. The minimum absolute atomic E-state index is 0.0409. The van der Waals surface area contributed by atoms with Gasteiger partial charge in [-0.15, -0.1) is 0 Å². The molecule has 0 aliphatic carbocycles. The molecule has 0 heterocycles. The first-order chi connectivity index (χ1) is 18.4. The van der Waals surface area contributed by atoms with Crippen LogP contribution in [0.3, 0.4) is 0 Å². The average molecular weight is 572 g/mol. The third-order valence-electron chi connectivity index (χ3n) is 6.00. The van der Waals surface area contributed by atoms with Crippen molar-refractivity contribution in [2.75, 3.05) is 13.7 Å². The van der Waals surface area contributed by atoms with Gasteiger partial charge in [-0.05, 0) is 70.8 Å². The first kappa shape index (κ1) is 30.3. The van der Waals surface area contributed by atoms with Crippen molar-refractivity contribution in [3.8, 4) is 17.2 Å². The van der Waals surface area contributed by atoms with Gasteiger partial charge in [-0.1, -0.05) is 76.0 Å². The zero-order valence-electron chi connectivity index (χ0n) is 23.3. The van der Waals surface area contributed by atoms with Crippen LogP contribution in [0.1, 0.15) is 57.7 Å². The SMILES string of the molecule is COc1cc(/C=N/NC(=O)COc2ccc(C(C)(C)CC(C)(C)C)cc2)ccc1OCc1c(Cl)cccc1Cl. The number of ether oxygens (including phenoxy) is 3. The third kappa shape index (κ3) is 9.19. The second-order valence-electron chi connectivity index (χ2n) is 11.1. The van der Waals surface area contributed by atoms with Gasteiger partial charge in [-0.3, -0.25) is 4.79 Å². The zero-order valence-corrected chi connectivity index (χ0v) is 24.8. The van der Waals surface area contributed by atoms with Crippen LogP contribution in [0.25, 0.3) is 0 Å². The fraction of sp³-hybridized carbons (Fsp3) is 0.355. The number of carbonyl (C=O) groups excluding carboxylic acids is 1. The Morgan fingerprint density at radius 2 is 1.59 bits per heavy atom. The molecule has 0 aromatic heterocycles. The van der Waals surface area contributed by atoms with E-state index in [4.69, 9.17) is 37.4 Å². The van der Waals surface area contributed by atoms with Crippen LogP contribution in [-0.4, -0.2) is 25.8 Å². The number of methoxy groups -OCH3 is 1. The molecule has 0 atom stereocenters. The fourth-order valence-electron chi connectivity index (χ4n) is 4.49. The minimum atomic E-state index is -0.369. The van der Waals surface area contributed by atoms with Crippen LogP contribution in [0.15, 0.2) is 65.8 Å². The Balaban J connectivity index is 1.51. The Labute approximate surface area is 241 Å². The molecule has 0 radical (unpaired) electrons. The van der Waals surface area contributed by atoms with E-state index in [1.165, 1.54) is 11.8 Å². The minimum Gasteiger partial charge on any atom is -0.493 e. The highest BCUT2D eigenvalue weighted by molar-refractivity contribution is 6.35. The van der Waals surface area contributed by atoms with Crippen molar-refractivity contribution < 1.29 is 19.0 Å². The normalized spacial score (nSPS) is 11.9. The van der Waals surface area contributed by atoms with Gasteiger partial charge >= 0.3 is 0 Å². The number of carbonyl (C=O) groups is 1. The molecule has 0 aliphatic rings. The van der Waals surface area contributed by atoms with Crippen molar-refractivity contribution >= 4 is 35.3 Å². The monoisotopic (exact) mass is 570 g/mol. The van der Waals surface area contributed by atoms with Crippen molar-refractivity contribution in [3.63, 3.8) is 0 Å². The lowest BCUT2D eigenvalue weighted by molar-refractivity contribution is -0.123. The number of halogens is 2. The number of rotatable bonds is 11. The van der Waals surface area contributed by atoms with Gasteiger partial charge in [0.25, 0.3) is 5.91 Å². The maximum atomic E-state index is 12.2. The molecule has 3 rings (SSSR count). The number of hydrogen-bond donors (Lipinski definition) is 1. The molecule has 208 valence electrons. The second-order valence-corrected chi connectivity index (χ2v) is 11.9. The number of hydrogen-bond acceptors (Lipinski definition) is 5. The number of nitrogens with zero attached hydrogens (tertiary/aromatic N) is 1. The van der Waals surface area contributed by atoms with Crippen LogP contribution < -0.4 is 19.6 Å². The summed E-state index contributed by atoms with van der Waals surface area (Å²) < 4.78 is 16.9.